The molecule has 1 aromatic rings. The molecule has 0 radical (unpaired) electrons. The zero-order valence-corrected chi connectivity index (χ0v) is 11.2. The number of carbonyl (C=O) groups excluding carboxylic acids is 1. The molecule has 0 bridgehead atoms. The van der Waals surface area contributed by atoms with E-state index in [0.29, 0.717) is 5.92 Å². The van der Waals surface area contributed by atoms with Gasteiger partial charge in [-0.15, -0.1) is 0 Å². The predicted octanol–water partition coefficient (Wildman–Crippen LogP) is 2.50. The first-order chi connectivity index (χ1) is 9.06. The third-order valence-electron chi connectivity index (χ3n) is 3.72. The number of hydrogen-bond donors (Lipinski definition) is 2. The second kappa shape index (κ2) is 5.99. The van der Waals surface area contributed by atoms with Crippen molar-refractivity contribution in [2.24, 2.45) is 5.92 Å². The van der Waals surface area contributed by atoms with E-state index < -0.39 is 5.82 Å². The fourth-order valence-corrected chi connectivity index (χ4v) is 2.53. The molecule has 2 atom stereocenters. The number of nitrogens with zero attached hydrogens (tertiary/aromatic N) is 1. The average molecular weight is 265 g/mol. The van der Waals surface area contributed by atoms with Crippen molar-refractivity contribution in [1.29, 1.82) is 0 Å². The molecule has 0 saturated heterocycles. The molecule has 5 heteroatoms. The summed E-state index contributed by atoms with van der Waals surface area (Å²) in [5.41, 5.74) is 5.73. The molecule has 4 nitrogen and oxygen atoms in total. The van der Waals surface area contributed by atoms with E-state index in [-0.39, 0.29) is 23.3 Å². The van der Waals surface area contributed by atoms with E-state index in [4.69, 9.17) is 5.73 Å². The van der Waals surface area contributed by atoms with Gasteiger partial charge in [0.15, 0.2) is 0 Å². The SMILES string of the molecule is CC1CCCC(NC(=O)c2cc(F)cnc2N)CC1. The molecule has 19 heavy (non-hydrogen) atoms. The molecule has 1 saturated carbocycles. The van der Waals surface area contributed by atoms with E-state index in [1.807, 2.05) is 0 Å². The summed E-state index contributed by atoms with van der Waals surface area (Å²) in [5.74, 6) is -0.0958. The number of hydrogen-bond acceptors (Lipinski definition) is 3. The summed E-state index contributed by atoms with van der Waals surface area (Å²) in [6.07, 6.45) is 6.38. The van der Waals surface area contributed by atoms with E-state index in [0.717, 1.165) is 37.9 Å². The van der Waals surface area contributed by atoms with Crippen LogP contribution in [0, 0.1) is 11.7 Å². The van der Waals surface area contributed by atoms with Crippen LogP contribution in [0.3, 0.4) is 0 Å². The molecule has 104 valence electrons. The van der Waals surface area contributed by atoms with Gasteiger partial charge in [-0.05, 0) is 31.2 Å². The lowest BCUT2D eigenvalue weighted by Gasteiger charge is -2.16. The Morgan fingerprint density at radius 2 is 2.21 bits per heavy atom. The Bertz CT molecular complexity index is 464. The Morgan fingerprint density at radius 3 is 3.00 bits per heavy atom. The third kappa shape index (κ3) is 3.66. The molecular weight excluding hydrogens is 245 g/mol. The summed E-state index contributed by atoms with van der Waals surface area (Å²) in [5, 5.41) is 2.94. The fraction of sp³-hybridized carbons (Fsp3) is 0.571. The highest BCUT2D eigenvalue weighted by atomic mass is 19.1. The molecular formula is C14H20FN3O. The Morgan fingerprint density at radius 1 is 1.42 bits per heavy atom. The summed E-state index contributed by atoms with van der Waals surface area (Å²) in [6.45, 7) is 2.23. The van der Waals surface area contributed by atoms with E-state index in [9.17, 15) is 9.18 Å². The fourth-order valence-electron chi connectivity index (χ4n) is 2.53. The van der Waals surface area contributed by atoms with Crippen molar-refractivity contribution in [2.75, 3.05) is 5.73 Å². The molecule has 0 spiro atoms. The molecule has 1 aliphatic carbocycles. The number of pyridine rings is 1. The number of nitrogen functional groups attached to an aromatic ring is 1. The van der Waals surface area contributed by atoms with Gasteiger partial charge >= 0.3 is 0 Å². The van der Waals surface area contributed by atoms with Gasteiger partial charge in [-0.3, -0.25) is 4.79 Å². The molecule has 0 aliphatic heterocycles. The molecule has 1 fully saturated rings. The van der Waals surface area contributed by atoms with Gasteiger partial charge < -0.3 is 11.1 Å². The third-order valence-corrected chi connectivity index (χ3v) is 3.72. The van der Waals surface area contributed by atoms with E-state index in [1.54, 1.807) is 0 Å². The Balaban J connectivity index is 2.02. The maximum Gasteiger partial charge on any atom is 0.255 e. The molecule has 2 unspecified atom stereocenters. The number of aromatic nitrogens is 1. The van der Waals surface area contributed by atoms with Crippen LogP contribution in [-0.4, -0.2) is 16.9 Å². The van der Waals surface area contributed by atoms with E-state index in [2.05, 4.69) is 17.2 Å². The van der Waals surface area contributed by atoms with Gasteiger partial charge in [0.1, 0.15) is 11.6 Å². The van der Waals surface area contributed by atoms with Crippen LogP contribution in [0.25, 0.3) is 0 Å². The van der Waals surface area contributed by atoms with Gasteiger partial charge in [-0.25, -0.2) is 9.37 Å². The van der Waals surface area contributed by atoms with Crippen molar-refractivity contribution in [3.05, 3.63) is 23.6 Å². The Labute approximate surface area is 112 Å². The summed E-state index contributed by atoms with van der Waals surface area (Å²) < 4.78 is 13.1. The van der Waals surface area contributed by atoms with Crippen molar-refractivity contribution >= 4 is 11.7 Å². The van der Waals surface area contributed by atoms with E-state index >= 15 is 0 Å². The molecule has 3 N–H and O–H groups in total. The van der Waals surface area contributed by atoms with Crippen molar-refractivity contribution in [3.8, 4) is 0 Å². The van der Waals surface area contributed by atoms with Crippen LogP contribution in [0.1, 0.15) is 49.4 Å². The molecule has 1 heterocycles. The molecule has 0 aromatic carbocycles. The maximum absolute atomic E-state index is 13.1. The van der Waals surface area contributed by atoms with Crippen LogP contribution in [0.5, 0.6) is 0 Å². The molecule has 1 amide bonds. The van der Waals surface area contributed by atoms with Crippen molar-refractivity contribution in [1.82, 2.24) is 10.3 Å². The zero-order valence-electron chi connectivity index (χ0n) is 11.2. The van der Waals surface area contributed by atoms with E-state index in [1.165, 1.54) is 6.42 Å². The summed E-state index contributed by atoms with van der Waals surface area (Å²) in [4.78, 5) is 15.7. The summed E-state index contributed by atoms with van der Waals surface area (Å²) in [7, 11) is 0. The topological polar surface area (TPSA) is 68.0 Å². The first-order valence-electron chi connectivity index (χ1n) is 6.78. The minimum Gasteiger partial charge on any atom is -0.383 e. The number of amides is 1. The lowest BCUT2D eigenvalue weighted by Crippen LogP contribution is -2.35. The smallest absolute Gasteiger partial charge is 0.255 e. The van der Waals surface area contributed by atoms with Crippen LogP contribution in [0.4, 0.5) is 10.2 Å². The van der Waals surface area contributed by atoms with Crippen LogP contribution in [0.2, 0.25) is 0 Å². The van der Waals surface area contributed by atoms with Gasteiger partial charge in [0.25, 0.3) is 5.91 Å². The highest BCUT2D eigenvalue weighted by Crippen LogP contribution is 2.23. The highest BCUT2D eigenvalue weighted by molar-refractivity contribution is 5.98. The van der Waals surface area contributed by atoms with Crippen LogP contribution < -0.4 is 11.1 Å². The average Bonchev–Trinajstić information content (AvgIpc) is 2.57. The lowest BCUT2D eigenvalue weighted by molar-refractivity contribution is 0.0933. The first-order valence-corrected chi connectivity index (χ1v) is 6.78. The van der Waals surface area contributed by atoms with Crippen LogP contribution in [0.15, 0.2) is 12.3 Å². The standard InChI is InChI=1S/C14H20FN3O/c1-9-3-2-4-11(6-5-9)18-14(19)12-7-10(15)8-17-13(12)16/h7-9,11H,2-6H2,1H3,(H2,16,17)(H,18,19). The number of carbonyl (C=O) groups is 1. The second-order valence-corrected chi connectivity index (χ2v) is 5.37. The lowest BCUT2D eigenvalue weighted by atomic mass is 10.0. The number of halogens is 1. The molecule has 1 aromatic heterocycles. The molecule has 1 aliphatic rings. The monoisotopic (exact) mass is 265 g/mol. The minimum absolute atomic E-state index is 0.0703. The summed E-state index contributed by atoms with van der Waals surface area (Å²) in [6, 6.07) is 1.29. The van der Waals surface area contributed by atoms with Crippen LogP contribution >= 0.6 is 0 Å². The van der Waals surface area contributed by atoms with Gasteiger partial charge in [-0.1, -0.05) is 19.8 Å². The van der Waals surface area contributed by atoms with Crippen molar-refractivity contribution in [2.45, 2.75) is 45.1 Å². The van der Waals surface area contributed by atoms with Crippen molar-refractivity contribution < 1.29 is 9.18 Å². The highest BCUT2D eigenvalue weighted by Gasteiger charge is 2.20. The number of anilines is 1. The van der Waals surface area contributed by atoms with Gasteiger partial charge in [0.05, 0.1) is 11.8 Å². The quantitative estimate of drug-likeness (QED) is 0.807. The van der Waals surface area contributed by atoms with Gasteiger partial charge in [-0.2, -0.15) is 0 Å². The normalized spacial score (nSPS) is 23.7. The number of nitrogens with two attached hydrogens (primary N) is 1. The predicted molar refractivity (Wildman–Crippen MR) is 72.1 cm³/mol. The maximum atomic E-state index is 13.1. The zero-order chi connectivity index (χ0) is 13.8. The largest absolute Gasteiger partial charge is 0.383 e. The first kappa shape index (κ1) is 13.8. The Hall–Kier alpha value is -1.65. The minimum atomic E-state index is -0.547. The number of nitrogens with one attached hydrogen (secondary N) is 1. The van der Waals surface area contributed by atoms with Crippen LogP contribution in [-0.2, 0) is 0 Å². The molecule has 2 rings (SSSR count). The summed E-state index contributed by atoms with van der Waals surface area (Å²) >= 11 is 0. The van der Waals surface area contributed by atoms with Crippen molar-refractivity contribution in [3.63, 3.8) is 0 Å². The van der Waals surface area contributed by atoms with Gasteiger partial charge in [0.2, 0.25) is 0 Å². The number of rotatable bonds is 2. The Kier molecular flexibility index (Phi) is 4.35. The second-order valence-electron chi connectivity index (χ2n) is 5.37. The van der Waals surface area contributed by atoms with Gasteiger partial charge in [0, 0.05) is 6.04 Å².